The van der Waals surface area contributed by atoms with Gasteiger partial charge in [0.15, 0.2) is 6.54 Å². The van der Waals surface area contributed by atoms with Crippen molar-refractivity contribution in [1.82, 2.24) is 4.98 Å². The number of nitriles is 1. The van der Waals surface area contributed by atoms with Crippen LogP contribution in [0, 0.1) is 11.3 Å². The molecule has 0 saturated heterocycles. The molecule has 0 atom stereocenters. The van der Waals surface area contributed by atoms with E-state index in [4.69, 9.17) is 5.26 Å². The number of aromatic amines is 1. The Balaban J connectivity index is 2.35. The Bertz CT molecular complexity index is 301. The molecule has 0 aromatic carbocycles. The molecule has 3 nitrogen and oxygen atoms in total. The van der Waals surface area contributed by atoms with Gasteiger partial charge in [-0.2, -0.15) is 17.0 Å². The van der Waals surface area contributed by atoms with Crippen molar-refractivity contribution in [2.75, 3.05) is 12.0 Å². The zero-order valence-electron chi connectivity index (χ0n) is 8.49. The lowest BCUT2D eigenvalue weighted by atomic mass is 10.2. The number of thioether (sulfide) groups is 1. The van der Waals surface area contributed by atoms with E-state index in [2.05, 4.69) is 17.3 Å². The van der Waals surface area contributed by atoms with Crippen LogP contribution in [0.4, 0.5) is 0 Å². The van der Waals surface area contributed by atoms with Crippen LogP contribution in [0.25, 0.3) is 0 Å². The lowest BCUT2D eigenvalue weighted by Crippen LogP contribution is -2.35. The fourth-order valence-corrected chi connectivity index (χ4v) is 1.87. The fraction of sp³-hybridized carbons (Fsp3) is 0.600. The number of H-pyrrole nitrogens is 1. The fourth-order valence-electron chi connectivity index (χ4n) is 1.38. The van der Waals surface area contributed by atoms with Crippen LogP contribution in [-0.4, -0.2) is 17.0 Å². The smallest absolute Gasteiger partial charge is 0.248 e. The molecule has 0 aliphatic rings. The van der Waals surface area contributed by atoms with Crippen LogP contribution in [0.1, 0.15) is 18.7 Å². The van der Waals surface area contributed by atoms with Gasteiger partial charge in [-0.1, -0.05) is 0 Å². The van der Waals surface area contributed by atoms with E-state index in [9.17, 15) is 0 Å². The van der Waals surface area contributed by atoms with E-state index in [1.54, 1.807) is 0 Å². The van der Waals surface area contributed by atoms with E-state index in [1.165, 1.54) is 18.6 Å². The first-order chi connectivity index (χ1) is 6.88. The topological polar surface area (TPSA) is 43.5 Å². The first-order valence-electron chi connectivity index (χ1n) is 4.80. The maximum absolute atomic E-state index is 8.58. The summed E-state index contributed by atoms with van der Waals surface area (Å²) in [6.07, 6.45) is 9.41. The molecular weight excluding hydrogens is 194 g/mol. The van der Waals surface area contributed by atoms with Crippen molar-refractivity contribution in [2.45, 2.75) is 25.8 Å². The van der Waals surface area contributed by atoms with Crippen molar-refractivity contribution in [3.05, 3.63) is 18.2 Å². The standard InChI is InChI=1S/C10H15N3S/c1-14-9-3-2-4-10-12-6-8-13(10)7-5-11/h6,8H,2-4,7,9H2,1H3/p+1. The Morgan fingerprint density at radius 2 is 2.43 bits per heavy atom. The summed E-state index contributed by atoms with van der Waals surface area (Å²) in [7, 11) is 0. The van der Waals surface area contributed by atoms with Crippen LogP contribution in [0.3, 0.4) is 0 Å². The van der Waals surface area contributed by atoms with Crippen LogP contribution in [0.5, 0.6) is 0 Å². The second-order valence-electron chi connectivity index (χ2n) is 3.14. The highest BCUT2D eigenvalue weighted by Gasteiger charge is 2.08. The van der Waals surface area contributed by atoms with Gasteiger partial charge in [0.2, 0.25) is 0 Å². The first kappa shape index (κ1) is 11.1. The highest BCUT2D eigenvalue weighted by molar-refractivity contribution is 7.98. The van der Waals surface area contributed by atoms with E-state index in [0.717, 1.165) is 12.2 Å². The quantitative estimate of drug-likeness (QED) is 0.571. The molecule has 1 N–H and O–H groups in total. The summed E-state index contributed by atoms with van der Waals surface area (Å²) in [5.74, 6) is 2.38. The molecule has 0 bridgehead atoms. The van der Waals surface area contributed by atoms with Gasteiger partial charge in [0.05, 0.1) is 0 Å². The zero-order valence-corrected chi connectivity index (χ0v) is 9.31. The molecule has 0 radical (unpaired) electrons. The van der Waals surface area contributed by atoms with E-state index in [1.807, 2.05) is 28.7 Å². The van der Waals surface area contributed by atoms with Crippen molar-refractivity contribution >= 4 is 11.8 Å². The third kappa shape index (κ3) is 3.43. The van der Waals surface area contributed by atoms with Gasteiger partial charge < -0.3 is 0 Å². The number of nitrogens with one attached hydrogen (secondary N) is 1. The van der Waals surface area contributed by atoms with Crippen molar-refractivity contribution in [2.24, 2.45) is 0 Å². The first-order valence-corrected chi connectivity index (χ1v) is 6.19. The maximum Gasteiger partial charge on any atom is 0.255 e. The van der Waals surface area contributed by atoms with Crippen molar-refractivity contribution in [3.8, 4) is 6.07 Å². The Morgan fingerprint density at radius 1 is 1.57 bits per heavy atom. The van der Waals surface area contributed by atoms with Gasteiger partial charge in [-0.05, 0) is 24.9 Å². The van der Waals surface area contributed by atoms with E-state index in [-0.39, 0.29) is 0 Å². The minimum Gasteiger partial charge on any atom is -0.248 e. The lowest BCUT2D eigenvalue weighted by Gasteiger charge is -1.96. The minimum atomic E-state index is 0.446. The number of hydrogen-bond acceptors (Lipinski definition) is 2. The van der Waals surface area contributed by atoms with Gasteiger partial charge in [0.25, 0.3) is 5.82 Å². The summed E-state index contributed by atoms with van der Waals surface area (Å²) in [6, 6.07) is 2.15. The van der Waals surface area contributed by atoms with Crippen LogP contribution in [0.15, 0.2) is 12.4 Å². The third-order valence-electron chi connectivity index (χ3n) is 2.10. The maximum atomic E-state index is 8.58. The minimum absolute atomic E-state index is 0.446. The monoisotopic (exact) mass is 210 g/mol. The summed E-state index contributed by atoms with van der Waals surface area (Å²) in [4.78, 5) is 3.17. The Labute approximate surface area is 89.1 Å². The molecule has 1 rings (SSSR count). The van der Waals surface area contributed by atoms with Crippen LogP contribution >= 0.6 is 11.8 Å². The number of rotatable bonds is 6. The average Bonchev–Trinajstić information content (AvgIpc) is 2.61. The number of aromatic nitrogens is 2. The molecule has 0 spiro atoms. The molecule has 14 heavy (non-hydrogen) atoms. The average molecular weight is 210 g/mol. The Hall–Kier alpha value is -0.950. The molecule has 4 heteroatoms. The molecule has 1 aromatic rings. The van der Waals surface area contributed by atoms with Crippen LogP contribution in [-0.2, 0) is 13.0 Å². The van der Waals surface area contributed by atoms with Crippen molar-refractivity contribution < 1.29 is 4.57 Å². The van der Waals surface area contributed by atoms with E-state index >= 15 is 0 Å². The van der Waals surface area contributed by atoms with Gasteiger partial charge >= 0.3 is 0 Å². The van der Waals surface area contributed by atoms with Crippen LogP contribution in [0.2, 0.25) is 0 Å². The normalized spacial score (nSPS) is 10.0. The predicted molar refractivity (Wildman–Crippen MR) is 57.9 cm³/mol. The molecule has 0 aliphatic heterocycles. The largest absolute Gasteiger partial charge is 0.255 e. The van der Waals surface area contributed by atoms with Crippen LogP contribution < -0.4 is 4.57 Å². The molecule has 0 aliphatic carbocycles. The van der Waals surface area contributed by atoms with E-state index in [0.29, 0.717) is 6.54 Å². The molecule has 0 saturated carbocycles. The van der Waals surface area contributed by atoms with Gasteiger partial charge in [-0.25, -0.2) is 9.55 Å². The number of unbranched alkanes of at least 4 members (excludes halogenated alkanes) is 1. The molecule has 0 unspecified atom stereocenters. The number of aryl methyl sites for hydroxylation is 1. The molecule has 0 fully saturated rings. The molecule has 1 aromatic heterocycles. The predicted octanol–water partition coefficient (Wildman–Crippen LogP) is 1.51. The summed E-state index contributed by atoms with van der Waals surface area (Å²) < 4.78 is 1.97. The summed E-state index contributed by atoms with van der Waals surface area (Å²) in [5, 5.41) is 8.58. The Kier molecular flexibility index (Phi) is 5.16. The highest BCUT2D eigenvalue weighted by atomic mass is 32.2. The molecule has 1 heterocycles. The van der Waals surface area contributed by atoms with Gasteiger partial charge in [0.1, 0.15) is 18.5 Å². The number of hydrogen-bond donors (Lipinski definition) is 1. The summed E-state index contributed by atoms with van der Waals surface area (Å²) in [6.45, 7) is 0.446. The molecule has 0 amide bonds. The lowest BCUT2D eigenvalue weighted by molar-refractivity contribution is -0.691. The number of imidazole rings is 1. The second kappa shape index (κ2) is 6.50. The van der Waals surface area contributed by atoms with Gasteiger partial charge in [-0.3, -0.25) is 0 Å². The molecular formula is C10H16N3S+. The van der Waals surface area contributed by atoms with Gasteiger partial charge in [0, 0.05) is 6.42 Å². The number of nitrogens with zero attached hydrogens (tertiary/aromatic N) is 2. The SMILES string of the molecule is CSCCCCc1[nH]cc[n+]1CC#N. The highest BCUT2D eigenvalue weighted by Crippen LogP contribution is 2.02. The van der Waals surface area contributed by atoms with E-state index < -0.39 is 0 Å². The second-order valence-corrected chi connectivity index (χ2v) is 4.13. The zero-order chi connectivity index (χ0) is 10.2. The summed E-state index contributed by atoms with van der Waals surface area (Å²) in [5.41, 5.74) is 0. The third-order valence-corrected chi connectivity index (χ3v) is 2.80. The van der Waals surface area contributed by atoms with Crippen molar-refractivity contribution in [1.29, 1.82) is 5.26 Å². The molecule has 76 valence electrons. The summed E-state index contributed by atoms with van der Waals surface area (Å²) >= 11 is 1.88. The Morgan fingerprint density at radius 3 is 3.14 bits per heavy atom. The van der Waals surface area contributed by atoms with Crippen molar-refractivity contribution in [3.63, 3.8) is 0 Å². The van der Waals surface area contributed by atoms with Gasteiger partial charge in [-0.15, -0.1) is 0 Å².